The van der Waals surface area contributed by atoms with Crippen LogP contribution in [-0.4, -0.2) is 43.4 Å². The molecule has 0 radical (unpaired) electrons. The third-order valence-corrected chi connectivity index (χ3v) is 5.60. The molecule has 2 unspecified atom stereocenters. The predicted molar refractivity (Wildman–Crippen MR) is 118 cm³/mol. The molecule has 2 atom stereocenters. The number of aromatic nitrogens is 4. The smallest absolute Gasteiger partial charge is 0.322 e. The van der Waals surface area contributed by atoms with Gasteiger partial charge in [-0.3, -0.25) is 0 Å². The number of methoxy groups -OCH3 is 1. The first kappa shape index (κ1) is 21.6. The SMILES string of the molecule is COc1ccc(NC(=O)N2Cc3[nH]cnc3CC2c2nc(-c3cccc([NH+]([O-])O)c3)no2)cc1. The predicted octanol–water partition coefficient (Wildman–Crippen LogP) is 2.20. The molecule has 0 spiro atoms. The van der Waals surface area contributed by atoms with Crippen LogP contribution in [0.4, 0.5) is 16.2 Å². The van der Waals surface area contributed by atoms with Crippen LogP contribution in [0.15, 0.2) is 59.4 Å². The molecule has 0 bridgehead atoms. The van der Waals surface area contributed by atoms with Gasteiger partial charge >= 0.3 is 6.03 Å². The number of nitrogens with zero attached hydrogens (tertiary/aromatic N) is 4. The van der Waals surface area contributed by atoms with E-state index in [-0.39, 0.29) is 30.0 Å². The maximum absolute atomic E-state index is 13.2. The van der Waals surface area contributed by atoms with Crippen LogP contribution >= 0.6 is 0 Å². The number of carbonyl (C=O) groups excluding carboxylic acids is 1. The summed E-state index contributed by atoms with van der Waals surface area (Å²) in [6.45, 7) is 0.272. The number of hydrogen-bond acceptors (Lipinski definition) is 8. The quantitative estimate of drug-likeness (QED) is 0.328. The maximum Gasteiger partial charge on any atom is 0.322 e. The van der Waals surface area contributed by atoms with Gasteiger partial charge in [0.05, 0.1) is 31.4 Å². The Kier molecular flexibility index (Phi) is 5.67. The summed E-state index contributed by atoms with van der Waals surface area (Å²) in [6, 6.07) is 12.4. The van der Waals surface area contributed by atoms with Crippen LogP contribution in [0.5, 0.6) is 5.75 Å². The molecule has 0 saturated heterocycles. The summed E-state index contributed by atoms with van der Waals surface area (Å²) >= 11 is 0. The molecular weight excluding hydrogens is 442 g/mol. The Morgan fingerprint density at radius 1 is 1.32 bits per heavy atom. The lowest BCUT2D eigenvalue weighted by atomic mass is 10.0. The zero-order chi connectivity index (χ0) is 23.7. The highest BCUT2D eigenvalue weighted by Crippen LogP contribution is 2.33. The van der Waals surface area contributed by atoms with Crippen molar-refractivity contribution in [3.8, 4) is 17.1 Å². The van der Waals surface area contributed by atoms with Gasteiger partial charge in [-0.15, -0.1) is 0 Å². The Morgan fingerprint density at radius 2 is 2.15 bits per heavy atom. The molecule has 3 heterocycles. The number of H-pyrrole nitrogens is 1. The molecule has 12 heteroatoms. The van der Waals surface area contributed by atoms with E-state index in [4.69, 9.17) is 9.26 Å². The summed E-state index contributed by atoms with van der Waals surface area (Å²) in [7, 11) is 1.57. The van der Waals surface area contributed by atoms with E-state index >= 15 is 0 Å². The van der Waals surface area contributed by atoms with Crippen molar-refractivity contribution in [1.29, 1.82) is 0 Å². The number of carbonyl (C=O) groups is 1. The Morgan fingerprint density at radius 3 is 2.91 bits per heavy atom. The molecule has 0 saturated carbocycles. The molecule has 0 fully saturated rings. The van der Waals surface area contributed by atoms with Crippen molar-refractivity contribution >= 4 is 17.4 Å². The van der Waals surface area contributed by atoms with Crippen molar-refractivity contribution in [3.05, 3.63) is 77.3 Å². The molecule has 12 nitrogen and oxygen atoms in total. The number of ether oxygens (including phenoxy) is 1. The second-order valence-corrected chi connectivity index (χ2v) is 7.68. The summed E-state index contributed by atoms with van der Waals surface area (Å²) in [6.07, 6.45) is 1.97. The average molecular weight is 463 g/mol. The number of fused-ring (bicyclic) bond motifs is 1. The van der Waals surface area contributed by atoms with Crippen LogP contribution in [-0.2, 0) is 13.0 Å². The second kappa shape index (κ2) is 8.94. The van der Waals surface area contributed by atoms with Crippen molar-refractivity contribution in [2.45, 2.75) is 19.0 Å². The van der Waals surface area contributed by atoms with E-state index < -0.39 is 11.3 Å². The molecule has 1 aliphatic rings. The van der Waals surface area contributed by atoms with Gasteiger partial charge in [-0.2, -0.15) is 10.2 Å². The minimum absolute atomic E-state index is 0.114. The van der Waals surface area contributed by atoms with Gasteiger partial charge < -0.3 is 29.7 Å². The van der Waals surface area contributed by atoms with E-state index in [9.17, 15) is 15.2 Å². The summed E-state index contributed by atoms with van der Waals surface area (Å²) in [4.78, 5) is 26.7. The highest BCUT2D eigenvalue weighted by molar-refractivity contribution is 5.89. The van der Waals surface area contributed by atoms with Gasteiger partial charge in [0.1, 0.15) is 11.8 Å². The molecule has 174 valence electrons. The molecule has 4 N–H and O–H groups in total. The molecule has 2 aromatic carbocycles. The molecular formula is C22H21N7O5. The zero-order valence-electron chi connectivity index (χ0n) is 18.1. The summed E-state index contributed by atoms with van der Waals surface area (Å²) < 4.78 is 10.7. The van der Waals surface area contributed by atoms with Crippen LogP contribution in [0.1, 0.15) is 23.3 Å². The number of amides is 2. The van der Waals surface area contributed by atoms with Crippen LogP contribution in [0.3, 0.4) is 0 Å². The summed E-state index contributed by atoms with van der Waals surface area (Å²) in [5.41, 5.74) is 2.86. The van der Waals surface area contributed by atoms with Gasteiger partial charge in [-0.25, -0.2) is 15.0 Å². The standard InChI is InChI=1S/C22H21N7O5/c1-33-16-7-5-14(6-8-16)25-22(30)28-11-18-17(23-12-24-18)10-19(28)21-26-20(27-34-21)13-3-2-4-15(9-13)29(31)32/h2-9,12,19,29,31H,10-11H2,1H3,(H,23,24)(H,25,30). The molecule has 4 aromatic rings. The van der Waals surface area contributed by atoms with Gasteiger partial charge in [0, 0.05) is 29.8 Å². The fourth-order valence-corrected chi connectivity index (χ4v) is 3.82. The average Bonchev–Trinajstić information content (AvgIpc) is 3.53. The lowest BCUT2D eigenvalue weighted by Crippen LogP contribution is -2.99. The van der Waals surface area contributed by atoms with Gasteiger partial charge in [0.2, 0.25) is 11.7 Å². The van der Waals surface area contributed by atoms with E-state index in [1.54, 1.807) is 54.7 Å². The minimum atomic E-state index is -1.05. The van der Waals surface area contributed by atoms with Crippen LogP contribution in [0.2, 0.25) is 0 Å². The molecule has 5 rings (SSSR count). The Bertz CT molecular complexity index is 1300. The molecule has 1 aliphatic heterocycles. The van der Waals surface area contributed by atoms with Gasteiger partial charge in [0.15, 0.2) is 5.69 Å². The van der Waals surface area contributed by atoms with Crippen LogP contribution in [0.25, 0.3) is 11.4 Å². The number of nitrogens with one attached hydrogen (secondary N) is 3. The third-order valence-electron chi connectivity index (χ3n) is 5.60. The summed E-state index contributed by atoms with van der Waals surface area (Å²) in [5, 5.41) is 26.4. The van der Waals surface area contributed by atoms with E-state index in [0.717, 1.165) is 11.4 Å². The van der Waals surface area contributed by atoms with E-state index in [1.807, 2.05) is 0 Å². The molecule has 0 aliphatic carbocycles. The number of quaternary nitrogens is 1. The number of aromatic amines is 1. The first-order valence-corrected chi connectivity index (χ1v) is 10.4. The van der Waals surface area contributed by atoms with Crippen LogP contribution in [0, 0.1) is 5.21 Å². The van der Waals surface area contributed by atoms with E-state index in [0.29, 0.717) is 23.4 Å². The van der Waals surface area contributed by atoms with Crippen molar-refractivity contribution in [2.75, 3.05) is 12.4 Å². The first-order chi connectivity index (χ1) is 16.5. The van der Waals surface area contributed by atoms with Gasteiger partial charge in [0.25, 0.3) is 0 Å². The lowest BCUT2D eigenvalue weighted by molar-refractivity contribution is -0.991. The monoisotopic (exact) mass is 463 g/mol. The minimum Gasteiger partial charge on any atom is -0.595 e. The molecule has 2 amide bonds. The fraction of sp³-hybridized carbons (Fsp3) is 0.182. The number of hydrogen-bond donors (Lipinski definition) is 4. The maximum atomic E-state index is 13.2. The number of rotatable bonds is 5. The Balaban J connectivity index is 1.42. The van der Waals surface area contributed by atoms with Crippen molar-refractivity contribution in [1.82, 2.24) is 25.0 Å². The third kappa shape index (κ3) is 4.20. The number of anilines is 1. The largest absolute Gasteiger partial charge is 0.595 e. The zero-order valence-corrected chi connectivity index (χ0v) is 18.1. The highest BCUT2D eigenvalue weighted by atomic mass is 16.8. The second-order valence-electron chi connectivity index (χ2n) is 7.68. The molecule has 34 heavy (non-hydrogen) atoms. The lowest BCUT2D eigenvalue weighted by Gasteiger charge is -2.32. The Labute approximate surface area is 193 Å². The van der Waals surface area contributed by atoms with Crippen molar-refractivity contribution in [2.24, 2.45) is 0 Å². The number of urea groups is 1. The van der Waals surface area contributed by atoms with E-state index in [1.165, 1.54) is 12.1 Å². The van der Waals surface area contributed by atoms with Gasteiger partial charge in [-0.1, -0.05) is 17.3 Å². The first-order valence-electron chi connectivity index (χ1n) is 10.4. The van der Waals surface area contributed by atoms with Gasteiger partial charge in [-0.05, 0) is 24.3 Å². The fourth-order valence-electron chi connectivity index (χ4n) is 3.82. The van der Waals surface area contributed by atoms with Crippen molar-refractivity contribution < 1.29 is 24.5 Å². The topological polar surface area (TPSA) is 157 Å². The number of imidazole rings is 1. The highest BCUT2D eigenvalue weighted by Gasteiger charge is 2.36. The number of benzene rings is 2. The van der Waals surface area contributed by atoms with Crippen molar-refractivity contribution in [3.63, 3.8) is 0 Å². The van der Waals surface area contributed by atoms with E-state index in [2.05, 4.69) is 25.4 Å². The summed E-state index contributed by atoms with van der Waals surface area (Å²) in [5.74, 6) is 1.15. The molecule has 2 aromatic heterocycles. The van der Waals surface area contributed by atoms with Crippen LogP contribution < -0.4 is 15.3 Å². The Hall–Kier alpha value is -4.26. The normalized spacial score (nSPS) is 16.1.